The minimum atomic E-state index is -0.463. The Balaban J connectivity index is 2.59. The lowest BCUT2D eigenvalue weighted by Crippen LogP contribution is -2.00. The average molecular weight is 160 g/mol. The highest BCUT2D eigenvalue weighted by atomic mass is 32.1. The lowest BCUT2D eigenvalue weighted by atomic mass is 10.4. The van der Waals surface area contributed by atoms with Gasteiger partial charge in [0.2, 0.25) is 0 Å². The van der Waals surface area contributed by atoms with Crippen LogP contribution in [-0.4, -0.2) is 11.5 Å². The van der Waals surface area contributed by atoms with Crippen molar-refractivity contribution < 1.29 is 4.39 Å². The predicted octanol–water partition coefficient (Wildman–Crippen LogP) is 1.11. The van der Waals surface area contributed by atoms with Crippen molar-refractivity contribution in [1.82, 2.24) is 4.98 Å². The third-order valence-electron chi connectivity index (χ3n) is 1.11. The van der Waals surface area contributed by atoms with E-state index in [1.165, 1.54) is 11.3 Å². The molecule has 0 bridgehead atoms. The Labute approximate surface area is 62.9 Å². The molecule has 1 rings (SSSR count). The van der Waals surface area contributed by atoms with E-state index < -0.39 is 6.67 Å². The topological polar surface area (TPSA) is 38.9 Å². The van der Waals surface area contributed by atoms with E-state index in [1.54, 1.807) is 6.20 Å². The summed E-state index contributed by atoms with van der Waals surface area (Å²) in [6, 6.07) is 0. The van der Waals surface area contributed by atoms with Gasteiger partial charge in [-0.1, -0.05) is 0 Å². The van der Waals surface area contributed by atoms with Crippen LogP contribution in [0.3, 0.4) is 0 Å². The van der Waals surface area contributed by atoms with Gasteiger partial charge in [0.05, 0.1) is 0 Å². The van der Waals surface area contributed by atoms with Crippen LogP contribution in [0.5, 0.6) is 0 Å². The number of nitrogens with zero attached hydrogens (tertiary/aromatic N) is 1. The Kier molecular flexibility index (Phi) is 2.77. The smallest absolute Gasteiger partial charge is 0.141 e. The SMILES string of the molecule is NCCc1cnc(CF)s1. The number of rotatable bonds is 3. The van der Waals surface area contributed by atoms with E-state index in [1.807, 2.05) is 0 Å². The summed E-state index contributed by atoms with van der Waals surface area (Å²) in [5, 5.41) is 0.545. The summed E-state index contributed by atoms with van der Waals surface area (Å²) in [6.07, 6.45) is 2.49. The Morgan fingerprint density at radius 1 is 1.70 bits per heavy atom. The Bertz CT molecular complexity index is 199. The molecule has 56 valence electrons. The van der Waals surface area contributed by atoms with Crippen LogP contribution in [0.1, 0.15) is 9.88 Å². The molecule has 0 unspecified atom stereocenters. The summed E-state index contributed by atoms with van der Waals surface area (Å²) in [6.45, 7) is 0.142. The minimum absolute atomic E-state index is 0.463. The van der Waals surface area contributed by atoms with Crippen molar-refractivity contribution in [2.24, 2.45) is 5.73 Å². The van der Waals surface area contributed by atoms with Gasteiger partial charge in [0.15, 0.2) is 0 Å². The summed E-state index contributed by atoms with van der Waals surface area (Å²) in [4.78, 5) is 4.91. The maximum atomic E-state index is 11.9. The number of alkyl halides is 1. The highest BCUT2D eigenvalue weighted by molar-refractivity contribution is 7.11. The molecule has 0 amide bonds. The van der Waals surface area contributed by atoms with Crippen LogP contribution >= 0.6 is 11.3 Å². The number of halogens is 1. The predicted molar refractivity (Wildman–Crippen MR) is 39.7 cm³/mol. The van der Waals surface area contributed by atoms with Gasteiger partial charge >= 0.3 is 0 Å². The summed E-state index contributed by atoms with van der Waals surface area (Å²) in [5.74, 6) is 0. The first-order chi connectivity index (χ1) is 4.86. The number of aromatic nitrogens is 1. The first kappa shape index (κ1) is 7.63. The molecule has 0 fully saturated rings. The monoisotopic (exact) mass is 160 g/mol. The van der Waals surface area contributed by atoms with Gasteiger partial charge in [-0.3, -0.25) is 0 Å². The van der Waals surface area contributed by atoms with Crippen LogP contribution < -0.4 is 5.73 Å². The van der Waals surface area contributed by atoms with Gasteiger partial charge in [0, 0.05) is 11.1 Å². The summed E-state index contributed by atoms with van der Waals surface area (Å²) in [7, 11) is 0. The van der Waals surface area contributed by atoms with E-state index in [0.29, 0.717) is 11.6 Å². The van der Waals surface area contributed by atoms with Crippen molar-refractivity contribution in [3.8, 4) is 0 Å². The number of nitrogens with two attached hydrogens (primary N) is 1. The molecule has 0 saturated heterocycles. The molecule has 0 aromatic carbocycles. The molecule has 10 heavy (non-hydrogen) atoms. The molecular formula is C6H9FN2S. The molecular weight excluding hydrogens is 151 g/mol. The molecule has 0 saturated carbocycles. The van der Waals surface area contributed by atoms with Crippen LogP contribution in [0.15, 0.2) is 6.20 Å². The fraction of sp³-hybridized carbons (Fsp3) is 0.500. The van der Waals surface area contributed by atoms with Crippen molar-refractivity contribution in [3.05, 3.63) is 16.1 Å². The van der Waals surface area contributed by atoms with E-state index >= 15 is 0 Å². The van der Waals surface area contributed by atoms with E-state index in [4.69, 9.17) is 5.73 Å². The first-order valence-electron chi connectivity index (χ1n) is 3.06. The van der Waals surface area contributed by atoms with Crippen molar-refractivity contribution in [3.63, 3.8) is 0 Å². The molecule has 2 N–H and O–H groups in total. The zero-order valence-electron chi connectivity index (χ0n) is 5.51. The first-order valence-corrected chi connectivity index (χ1v) is 3.88. The van der Waals surface area contributed by atoms with Crippen LogP contribution in [0.4, 0.5) is 4.39 Å². The number of thiazole rings is 1. The second-order valence-electron chi connectivity index (χ2n) is 1.89. The summed E-state index contributed by atoms with van der Waals surface area (Å²) >= 11 is 1.39. The standard InChI is InChI=1S/C6H9FN2S/c7-3-6-9-4-5(10-6)1-2-8/h4H,1-3,8H2. The molecule has 0 aliphatic rings. The quantitative estimate of drug-likeness (QED) is 0.719. The number of hydrogen-bond acceptors (Lipinski definition) is 3. The maximum absolute atomic E-state index is 11.9. The third kappa shape index (κ3) is 1.75. The summed E-state index contributed by atoms with van der Waals surface area (Å²) in [5.41, 5.74) is 5.30. The van der Waals surface area contributed by atoms with Crippen molar-refractivity contribution in [1.29, 1.82) is 0 Å². The third-order valence-corrected chi connectivity index (χ3v) is 2.13. The zero-order chi connectivity index (χ0) is 7.40. The molecule has 0 radical (unpaired) electrons. The molecule has 0 aliphatic carbocycles. The van der Waals surface area contributed by atoms with E-state index in [-0.39, 0.29) is 0 Å². The molecule has 0 atom stereocenters. The molecule has 0 spiro atoms. The Morgan fingerprint density at radius 3 is 3.00 bits per heavy atom. The second kappa shape index (κ2) is 3.63. The van der Waals surface area contributed by atoms with Crippen molar-refractivity contribution in [2.45, 2.75) is 13.1 Å². The van der Waals surface area contributed by atoms with Gasteiger partial charge < -0.3 is 5.73 Å². The fourth-order valence-corrected chi connectivity index (χ4v) is 1.46. The largest absolute Gasteiger partial charge is 0.330 e. The van der Waals surface area contributed by atoms with Gasteiger partial charge in [-0.05, 0) is 13.0 Å². The van der Waals surface area contributed by atoms with Crippen LogP contribution in [0, 0.1) is 0 Å². The molecule has 4 heteroatoms. The minimum Gasteiger partial charge on any atom is -0.330 e. The van der Waals surface area contributed by atoms with Crippen LogP contribution in [-0.2, 0) is 13.1 Å². The Hall–Kier alpha value is -0.480. The highest BCUT2D eigenvalue weighted by Crippen LogP contribution is 2.13. The van der Waals surface area contributed by atoms with Crippen LogP contribution in [0.2, 0.25) is 0 Å². The Morgan fingerprint density at radius 2 is 2.50 bits per heavy atom. The van der Waals surface area contributed by atoms with Crippen molar-refractivity contribution >= 4 is 11.3 Å². The van der Waals surface area contributed by atoms with Crippen molar-refractivity contribution in [2.75, 3.05) is 6.54 Å². The fourth-order valence-electron chi connectivity index (χ4n) is 0.668. The normalized spacial score (nSPS) is 10.2. The maximum Gasteiger partial charge on any atom is 0.141 e. The number of hydrogen-bond donors (Lipinski definition) is 1. The highest BCUT2D eigenvalue weighted by Gasteiger charge is 1.98. The molecule has 1 heterocycles. The van der Waals surface area contributed by atoms with E-state index in [2.05, 4.69) is 4.98 Å². The lowest BCUT2D eigenvalue weighted by molar-refractivity contribution is 0.483. The van der Waals surface area contributed by atoms with Crippen LogP contribution in [0.25, 0.3) is 0 Å². The molecule has 1 aromatic rings. The second-order valence-corrected chi connectivity index (χ2v) is 3.09. The average Bonchev–Trinajstić information content (AvgIpc) is 2.37. The van der Waals surface area contributed by atoms with Gasteiger partial charge in [0.25, 0.3) is 0 Å². The van der Waals surface area contributed by atoms with Gasteiger partial charge in [-0.2, -0.15) is 0 Å². The summed E-state index contributed by atoms with van der Waals surface area (Å²) < 4.78 is 11.9. The van der Waals surface area contributed by atoms with E-state index in [9.17, 15) is 4.39 Å². The van der Waals surface area contributed by atoms with Gasteiger partial charge in [0.1, 0.15) is 11.7 Å². The lowest BCUT2D eigenvalue weighted by Gasteiger charge is -1.86. The van der Waals surface area contributed by atoms with Gasteiger partial charge in [-0.15, -0.1) is 11.3 Å². The zero-order valence-corrected chi connectivity index (χ0v) is 6.33. The van der Waals surface area contributed by atoms with E-state index in [0.717, 1.165) is 11.3 Å². The van der Waals surface area contributed by atoms with Gasteiger partial charge in [-0.25, -0.2) is 9.37 Å². The molecule has 0 aliphatic heterocycles. The molecule has 2 nitrogen and oxygen atoms in total. The molecule has 1 aromatic heterocycles.